The van der Waals surface area contributed by atoms with Crippen LogP contribution in [0.4, 0.5) is 11.4 Å². The second-order valence-electron chi connectivity index (χ2n) is 5.22. The number of benzene rings is 2. The van der Waals surface area contributed by atoms with Crippen LogP contribution in [-0.4, -0.2) is 15.8 Å². The average molecular weight is 332 g/mol. The van der Waals surface area contributed by atoms with Crippen molar-refractivity contribution in [3.63, 3.8) is 0 Å². The van der Waals surface area contributed by atoms with Crippen LogP contribution in [0.5, 0.6) is 0 Å². The Balaban J connectivity index is 1.96. The Bertz CT molecular complexity index is 1030. The zero-order valence-corrected chi connectivity index (χ0v) is 12.9. The molecule has 0 radical (unpaired) electrons. The largest absolute Gasteiger partial charge is 0.361 e. The Morgan fingerprint density at radius 2 is 2.00 bits per heavy atom. The number of aromatic nitrogens is 1. The van der Waals surface area contributed by atoms with Crippen LogP contribution in [-0.2, 0) is 4.79 Å². The minimum atomic E-state index is -0.548. The molecule has 7 heteroatoms. The molecule has 2 N–H and O–H groups in total. The summed E-state index contributed by atoms with van der Waals surface area (Å²) in [6.45, 7) is 0. The third-order valence-electron chi connectivity index (χ3n) is 3.60. The number of nitro groups is 1. The lowest BCUT2D eigenvalue weighted by molar-refractivity contribution is -0.384. The molecule has 0 aliphatic carbocycles. The lowest BCUT2D eigenvalue weighted by Gasteiger charge is -2.03. The predicted molar refractivity (Wildman–Crippen MR) is 93.6 cm³/mol. The van der Waals surface area contributed by atoms with E-state index in [0.29, 0.717) is 22.2 Å². The Morgan fingerprint density at radius 3 is 2.68 bits per heavy atom. The highest BCUT2D eigenvalue weighted by Crippen LogP contribution is 2.25. The molecule has 0 aliphatic heterocycles. The standard InChI is InChI=1S/C18H12N4O3/c19-10-12(18(23)21-14-4-2-1-3-5-14)8-13-11-20-17-7-6-15(22(24)25)9-16(13)17/h1-9,11,20H,(H,21,23). The van der Waals surface area contributed by atoms with Gasteiger partial charge in [-0.25, -0.2) is 0 Å². The number of carbonyl (C=O) groups excluding carboxylic acids is 1. The molecular formula is C18H12N4O3. The van der Waals surface area contributed by atoms with Gasteiger partial charge in [0.25, 0.3) is 11.6 Å². The molecule has 3 rings (SSSR count). The van der Waals surface area contributed by atoms with Crippen molar-refractivity contribution in [2.24, 2.45) is 0 Å². The number of carbonyl (C=O) groups is 1. The highest BCUT2D eigenvalue weighted by atomic mass is 16.6. The first-order valence-corrected chi connectivity index (χ1v) is 7.32. The second-order valence-corrected chi connectivity index (χ2v) is 5.22. The monoisotopic (exact) mass is 332 g/mol. The van der Waals surface area contributed by atoms with Gasteiger partial charge in [0, 0.05) is 40.5 Å². The minimum absolute atomic E-state index is 0.0611. The highest BCUT2D eigenvalue weighted by Gasteiger charge is 2.13. The van der Waals surface area contributed by atoms with Crippen molar-refractivity contribution in [2.45, 2.75) is 0 Å². The molecule has 0 aliphatic rings. The van der Waals surface area contributed by atoms with Gasteiger partial charge in [-0.15, -0.1) is 0 Å². The van der Waals surface area contributed by atoms with Crippen LogP contribution in [0, 0.1) is 21.4 Å². The van der Waals surface area contributed by atoms with E-state index in [2.05, 4.69) is 10.3 Å². The Kier molecular flexibility index (Phi) is 4.26. The van der Waals surface area contributed by atoms with Crippen molar-refractivity contribution in [3.05, 3.63) is 76.0 Å². The number of H-pyrrole nitrogens is 1. The van der Waals surface area contributed by atoms with Gasteiger partial charge in [0.2, 0.25) is 0 Å². The zero-order valence-electron chi connectivity index (χ0n) is 12.9. The first-order chi connectivity index (χ1) is 12.1. The fourth-order valence-electron chi connectivity index (χ4n) is 2.39. The van der Waals surface area contributed by atoms with E-state index in [1.807, 2.05) is 12.1 Å². The number of fused-ring (bicyclic) bond motifs is 1. The number of nitriles is 1. The number of hydrogen-bond acceptors (Lipinski definition) is 4. The molecule has 25 heavy (non-hydrogen) atoms. The number of non-ortho nitro benzene ring substituents is 1. The molecule has 3 aromatic rings. The molecule has 0 fully saturated rings. The normalized spacial score (nSPS) is 11.1. The molecule has 122 valence electrons. The van der Waals surface area contributed by atoms with E-state index in [4.69, 9.17) is 0 Å². The predicted octanol–water partition coefficient (Wildman–Crippen LogP) is 3.62. The van der Waals surface area contributed by atoms with Gasteiger partial charge in [0.1, 0.15) is 11.6 Å². The molecule has 0 bridgehead atoms. The summed E-state index contributed by atoms with van der Waals surface area (Å²) in [5.74, 6) is -0.548. The Morgan fingerprint density at radius 1 is 1.24 bits per heavy atom. The number of nitro benzene ring substituents is 1. The van der Waals surface area contributed by atoms with Crippen LogP contribution in [0.25, 0.3) is 17.0 Å². The molecule has 0 unspecified atom stereocenters. The summed E-state index contributed by atoms with van der Waals surface area (Å²) in [4.78, 5) is 25.7. The number of rotatable bonds is 4. The number of hydrogen-bond donors (Lipinski definition) is 2. The van der Waals surface area contributed by atoms with Crippen molar-refractivity contribution in [3.8, 4) is 6.07 Å². The van der Waals surface area contributed by atoms with E-state index >= 15 is 0 Å². The molecule has 0 spiro atoms. The molecule has 7 nitrogen and oxygen atoms in total. The van der Waals surface area contributed by atoms with Crippen LogP contribution in [0.3, 0.4) is 0 Å². The van der Waals surface area contributed by atoms with Crippen molar-refractivity contribution < 1.29 is 9.72 Å². The summed E-state index contributed by atoms with van der Waals surface area (Å²) in [5, 5.41) is 23.4. The number of aromatic amines is 1. The first-order valence-electron chi connectivity index (χ1n) is 7.32. The van der Waals surface area contributed by atoms with E-state index in [0.717, 1.165) is 0 Å². The van der Waals surface area contributed by atoms with Gasteiger partial charge < -0.3 is 10.3 Å². The summed E-state index contributed by atoms with van der Waals surface area (Å²) < 4.78 is 0. The number of amides is 1. The number of anilines is 1. The average Bonchev–Trinajstić information content (AvgIpc) is 3.02. The molecule has 1 aromatic heterocycles. The summed E-state index contributed by atoms with van der Waals surface area (Å²) in [6.07, 6.45) is 3.00. The van der Waals surface area contributed by atoms with E-state index in [9.17, 15) is 20.2 Å². The Labute approximate surface area is 142 Å². The highest BCUT2D eigenvalue weighted by molar-refractivity contribution is 6.10. The van der Waals surface area contributed by atoms with E-state index in [1.54, 1.807) is 36.5 Å². The zero-order chi connectivity index (χ0) is 17.8. The third kappa shape index (κ3) is 3.38. The first kappa shape index (κ1) is 16.0. The maximum Gasteiger partial charge on any atom is 0.270 e. The van der Waals surface area contributed by atoms with Crippen molar-refractivity contribution in [2.75, 3.05) is 5.32 Å². The van der Waals surface area contributed by atoms with Crippen molar-refractivity contribution >= 4 is 34.3 Å². The van der Waals surface area contributed by atoms with Crippen molar-refractivity contribution in [1.29, 1.82) is 5.26 Å². The maximum atomic E-state index is 12.3. The van der Waals surface area contributed by atoms with Gasteiger partial charge >= 0.3 is 0 Å². The number of nitrogens with zero attached hydrogens (tertiary/aromatic N) is 2. The molecule has 1 heterocycles. The lowest BCUT2D eigenvalue weighted by atomic mass is 10.1. The van der Waals surface area contributed by atoms with E-state index in [1.165, 1.54) is 18.2 Å². The maximum absolute atomic E-state index is 12.3. The number of nitrogens with one attached hydrogen (secondary N) is 2. The number of para-hydroxylation sites is 1. The van der Waals surface area contributed by atoms with Gasteiger partial charge in [-0.05, 0) is 24.3 Å². The topological polar surface area (TPSA) is 112 Å². The van der Waals surface area contributed by atoms with E-state index < -0.39 is 10.8 Å². The van der Waals surface area contributed by atoms with Crippen LogP contribution < -0.4 is 5.32 Å². The van der Waals surface area contributed by atoms with Crippen LogP contribution in [0.2, 0.25) is 0 Å². The third-order valence-corrected chi connectivity index (χ3v) is 3.60. The molecule has 2 aromatic carbocycles. The Hall–Kier alpha value is -3.92. The summed E-state index contributed by atoms with van der Waals surface area (Å²) in [5.41, 5.74) is 1.62. The van der Waals surface area contributed by atoms with Gasteiger partial charge in [0.05, 0.1) is 4.92 Å². The quantitative estimate of drug-likeness (QED) is 0.329. The van der Waals surface area contributed by atoms with Gasteiger partial charge in [-0.2, -0.15) is 5.26 Å². The molecule has 0 saturated carbocycles. The summed E-state index contributed by atoms with van der Waals surface area (Å²) in [6, 6.07) is 15.0. The lowest BCUT2D eigenvalue weighted by Crippen LogP contribution is -2.13. The fourth-order valence-corrected chi connectivity index (χ4v) is 2.39. The van der Waals surface area contributed by atoms with Crippen molar-refractivity contribution in [1.82, 2.24) is 4.98 Å². The SMILES string of the molecule is N#CC(=Cc1c[nH]c2ccc([N+](=O)[O-])cc12)C(=O)Nc1ccccc1. The summed E-state index contributed by atoms with van der Waals surface area (Å²) >= 11 is 0. The molecular weight excluding hydrogens is 320 g/mol. The smallest absolute Gasteiger partial charge is 0.270 e. The van der Waals surface area contributed by atoms with Gasteiger partial charge in [0.15, 0.2) is 0 Å². The molecule has 1 amide bonds. The van der Waals surface area contributed by atoms with Gasteiger partial charge in [-0.3, -0.25) is 14.9 Å². The minimum Gasteiger partial charge on any atom is -0.361 e. The van der Waals surface area contributed by atoms with Crippen LogP contribution >= 0.6 is 0 Å². The van der Waals surface area contributed by atoms with Crippen LogP contribution in [0.1, 0.15) is 5.56 Å². The second kappa shape index (κ2) is 6.68. The van der Waals surface area contributed by atoms with E-state index in [-0.39, 0.29) is 11.3 Å². The van der Waals surface area contributed by atoms with Gasteiger partial charge in [-0.1, -0.05) is 18.2 Å². The summed E-state index contributed by atoms with van der Waals surface area (Å²) in [7, 11) is 0. The fraction of sp³-hybridized carbons (Fsp3) is 0. The molecule has 0 saturated heterocycles. The van der Waals surface area contributed by atoms with Crippen LogP contribution in [0.15, 0.2) is 60.3 Å². The molecule has 0 atom stereocenters.